The van der Waals surface area contributed by atoms with E-state index in [1.54, 1.807) is 0 Å². The lowest BCUT2D eigenvalue weighted by atomic mass is 9.81. The quantitative estimate of drug-likeness (QED) is 0.0366. The third-order valence-corrected chi connectivity index (χ3v) is 10.8. The molecule has 0 atom stereocenters. The van der Waals surface area contributed by atoms with Gasteiger partial charge in [0, 0.05) is 73.7 Å². The van der Waals surface area contributed by atoms with E-state index >= 15 is 0 Å². The van der Waals surface area contributed by atoms with E-state index in [0.29, 0.717) is 25.7 Å². The van der Waals surface area contributed by atoms with Crippen molar-refractivity contribution in [1.82, 2.24) is 0 Å². The highest BCUT2D eigenvalue weighted by Crippen LogP contribution is 2.33. The molecule has 25 nitrogen and oxygen atoms in total. The van der Waals surface area contributed by atoms with E-state index in [4.69, 9.17) is 90.0 Å². The minimum atomic E-state index is -0.726. The summed E-state index contributed by atoms with van der Waals surface area (Å²) < 4.78 is 107. The largest absolute Gasteiger partial charge is 0.460 e. The molecule has 81 heavy (non-hydrogen) atoms. The average Bonchev–Trinajstić information content (AvgIpc) is 3.49. The van der Waals surface area contributed by atoms with E-state index in [0.717, 1.165) is 36.5 Å². The van der Waals surface area contributed by atoms with Crippen LogP contribution in [0.4, 0.5) is 0 Å². The van der Waals surface area contributed by atoms with Crippen LogP contribution in [0.15, 0.2) is 75.9 Å². The normalized spacial score (nSPS) is 11.3. The maximum atomic E-state index is 11.5. The van der Waals surface area contributed by atoms with Gasteiger partial charge in [-0.1, -0.05) is 39.5 Å². The molecular weight excluding hydrogens is 1070 g/mol. The first kappa shape index (κ1) is 75.7. The summed E-state index contributed by atoms with van der Waals surface area (Å²) in [5, 5.41) is 0. The SMILES string of the molecule is C=CC(=O)OCCOCCOCCC(CCOCCOCCOC(=O)C=C)(COCCOCCOC(=O)C=C)COCC(CCOCCOCCOC(=O)C=C)(CCOCCOCCOC(=O)C=C)COCCOCCOC(=O)C=C. The highest BCUT2D eigenvalue weighted by molar-refractivity contribution is 5.82. The molecule has 25 heteroatoms. The van der Waals surface area contributed by atoms with Crippen LogP contribution >= 0.6 is 0 Å². The summed E-state index contributed by atoms with van der Waals surface area (Å²) in [6.07, 6.45) is 8.17. The minimum Gasteiger partial charge on any atom is -0.460 e. The second-order valence-electron chi connectivity index (χ2n) is 17.0. The molecule has 0 aliphatic carbocycles. The van der Waals surface area contributed by atoms with E-state index in [-0.39, 0.29) is 211 Å². The molecule has 0 rings (SSSR count). The molecule has 0 aliphatic rings. The number of ether oxygens (including phenoxy) is 19. The molecule has 0 N–H and O–H groups in total. The van der Waals surface area contributed by atoms with Crippen molar-refractivity contribution in [2.45, 2.75) is 25.7 Å². The van der Waals surface area contributed by atoms with E-state index < -0.39 is 46.6 Å². The zero-order chi connectivity index (χ0) is 59.6. The molecule has 0 amide bonds. The molecule has 0 saturated heterocycles. The van der Waals surface area contributed by atoms with E-state index in [1.165, 1.54) is 0 Å². The molecule has 0 radical (unpaired) electrons. The second kappa shape index (κ2) is 55.3. The van der Waals surface area contributed by atoms with E-state index in [1.807, 2.05) is 0 Å². The highest BCUT2D eigenvalue weighted by Gasteiger charge is 2.35. The average molecular weight is 1160 g/mol. The summed E-state index contributed by atoms with van der Waals surface area (Å²) in [7, 11) is 0. The Bertz CT molecular complexity index is 1510. The Labute approximate surface area is 477 Å². The van der Waals surface area contributed by atoms with Gasteiger partial charge in [-0.05, 0) is 25.7 Å². The summed E-state index contributed by atoms with van der Waals surface area (Å²) in [6, 6.07) is 0. The van der Waals surface area contributed by atoms with Gasteiger partial charge in [0.1, 0.15) is 39.6 Å². The van der Waals surface area contributed by atoms with Crippen molar-refractivity contribution in [2.75, 3.05) is 211 Å². The minimum absolute atomic E-state index is 0.0398. The van der Waals surface area contributed by atoms with Gasteiger partial charge in [-0.2, -0.15) is 0 Å². The molecule has 0 aromatic heterocycles. The van der Waals surface area contributed by atoms with Crippen molar-refractivity contribution in [3.05, 3.63) is 75.9 Å². The number of rotatable bonds is 62. The Hall–Kier alpha value is -5.26. The summed E-state index contributed by atoms with van der Waals surface area (Å²) in [6.45, 7) is 25.9. The fourth-order valence-electron chi connectivity index (χ4n) is 6.42. The van der Waals surface area contributed by atoms with Gasteiger partial charge in [-0.15, -0.1) is 0 Å². The first-order valence-corrected chi connectivity index (χ1v) is 26.7. The maximum Gasteiger partial charge on any atom is 0.330 e. The van der Waals surface area contributed by atoms with Gasteiger partial charge in [-0.3, -0.25) is 0 Å². The molecule has 0 aromatic carbocycles. The van der Waals surface area contributed by atoms with Crippen molar-refractivity contribution in [2.24, 2.45) is 10.8 Å². The Morgan fingerprint density at radius 1 is 0.210 bits per heavy atom. The standard InChI is InChI=1S/C56H90O25/c1-7-49(57)76-39-33-67-25-21-63-17-13-55(45-73-31-29-71-37-43-80-53(61)11-5,14-18-64-22-26-68-34-40-77-50(58)8-2)47-75-48-56(46-74-32-30-72-38-44-81-54(62)12-6,15-19-65-23-27-69-35-41-78-51(59)9-3)16-20-66-24-28-70-36-42-79-52(60)10-4/h7-12H,1-6,13-48H2. The Morgan fingerprint density at radius 2 is 0.358 bits per heavy atom. The molecule has 0 spiro atoms. The van der Waals surface area contributed by atoms with Crippen LogP contribution in [0, 0.1) is 10.8 Å². The van der Waals surface area contributed by atoms with Crippen LogP contribution in [0.2, 0.25) is 0 Å². The fraction of sp³-hybridized carbons (Fsp3) is 0.679. The van der Waals surface area contributed by atoms with Crippen LogP contribution in [-0.4, -0.2) is 247 Å². The van der Waals surface area contributed by atoms with Gasteiger partial charge in [0.05, 0.1) is 145 Å². The van der Waals surface area contributed by atoms with Crippen LogP contribution in [0.1, 0.15) is 25.7 Å². The molecule has 464 valence electrons. The number of hydrogen-bond acceptors (Lipinski definition) is 25. The lowest BCUT2D eigenvalue weighted by Crippen LogP contribution is -2.40. The summed E-state index contributed by atoms with van der Waals surface area (Å²) in [5.74, 6) is -3.32. The van der Waals surface area contributed by atoms with Gasteiger partial charge in [0.25, 0.3) is 0 Å². The number of carbonyl (C=O) groups is 6. The van der Waals surface area contributed by atoms with Crippen LogP contribution in [0.3, 0.4) is 0 Å². The zero-order valence-electron chi connectivity index (χ0n) is 47.4. The summed E-state index contributed by atoms with van der Waals surface area (Å²) in [5.41, 5.74) is -1.45. The third kappa shape index (κ3) is 48.0. The number of esters is 6. The smallest absolute Gasteiger partial charge is 0.330 e. The first-order valence-electron chi connectivity index (χ1n) is 26.7. The molecule has 0 saturated carbocycles. The molecular formula is C56H90O25. The van der Waals surface area contributed by atoms with Crippen LogP contribution < -0.4 is 0 Å². The van der Waals surface area contributed by atoms with E-state index in [9.17, 15) is 28.8 Å². The van der Waals surface area contributed by atoms with Crippen LogP contribution in [-0.2, 0) is 119 Å². The van der Waals surface area contributed by atoms with Crippen LogP contribution in [0.25, 0.3) is 0 Å². The molecule has 0 fully saturated rings. The fourth-order valence-corrected chi connectivity index (χ4v) is 6.42. The van der Waals surface area contributed by atoms with Gasteiger partial charge in [0.2, 0.25) is 0 Å². The van der Waals surface area contributed by atoms with Crippen molar-refractivity contribution < 1.29 is 119 Å². The van der Waals surface area contributed by atoms with Crippen molar-refractivity contribution in [3.63, 3.8) is 0 Å². The summed E-state index contributed by atoms with van der Waals surface area (Å²) >= 11 is 0. The Morgan fingerprint density at radius 3 is 0.543 bits per heavy atom. The summed E-state index contributed by atoms with van der Waals surface area (Å²) in [4.78, 5) is 68.6. The topological polar surface area (TPSA) is 278 Å². The van der Waals surface area contributed by atoms with Gasteiger partial charge >= 0.3 is 35.8 Å². The van der Waals surface area contributed by atoms with Crippen molar-refractivity contribution in [1.29, 1.82) is 0 Å². The molecule has 0 heterocycles. The molecule has 0 aromatic rings. The van der Waals surface area contributed by atoms with Crippen LogP contribution in [0.5, 0.6) is 0 Å². The first-order chi connectivity index (χ1) is 39.4. The monoisotopic (exact) mass is 1160 g/mol. The third-order valence-electron chi connectivity index (χ3n) is 10.8. The van der Waals surface area contributed by atoms with Gasteiger partial charge < -0.3 is 90.0 Å². The molecule has 0 bridgehead atoms. The highest BCUT2D eigenvalue weighted by atomic mass is 16.6. The molecule has 0 aliphatic heterocycles. The number of carbonyl (C=O) groups excluding carboxylic acids is 6. The van der Waals surface area contributed by atoms with Gasteiger partial charge in [0.15, 0.2) is 0 Å². The number of hydrogen-bond donors (Lipinski definition) is 0. The Balaban J connectivity index is 6.57. The Kier molecular flexibility index (Phi) is 51.7. The molecule has 0 unspecified atom stereocenters. The predicted octanol–water partition coefficient (Wildman–Crippen LogP) is 3.11. The lowest BCUT2D eigenvalue weighted by Gasteiger charge is -2.37. The van der Waals surface area contributed by atoms with Crippen molar-refractivity contribution in [3.8, 4) is 0 Å². The zero-order valence-corrected chi connectivity index (χ0v) is 47.4. The van der Waals surface area contributed by atoms with E-state index in [2.05, 4.69) is 39.5 Å². The predicted molar refractivity (Wildman–Crippen MR) is 291 cm³/mol. The lowest BCUT2D eigenvalue weighted by molar-refractivity contribution is -0.140. The second-order valence-corrected chi connectivity index (χ2v) is 17.0. The van der Waals surface area contributed by atoms with Crippen molar-refractivity contribution >= 4 is 35.8 Å². The van der Waals surface area contributed by atoms with Gasteiger partial charge in [-0.25, -0.2) is 28.8 Å². The maximum absolute atomic E-state index is 11.5.